The van der Waals surface area contributed by atoms with Gasteiger partial charge in [0.1, 0.15) is 12.4 Å². The van der Waals surface area contributed by atoms with Crippen molar-refractivity contribution in [3.05, 3.63) is 62.6 Å². The molecule has 0 radical (unpaired) electrons. The van der Waals surface area contributed by atoms with E-state index in [4.69, 9.17) is 4.74 Å². The predicted octanol–water partition coefficient (Wildman–Crippen LogP) is 1.45. The van der Waals surface area contributed by atoms with Gasteiger partial charge in [0.15, 0.2) is 11.2 Å². The van der Waals surface area contributed by atoms with Crippen molar-refractivity contribution < 1.29 is 9.53 Å². The summed E-state index contributed by atoms with van der Waals surface area (Å²) in [4.78, 5) is 44.5. The zero-order valence-corrected chi connectivity index (χ0v) is 19.5. The Balaban J connectivity index is 1.57. The molecule has 1 aromatic carbocycles. The van der Waals surface area contributed by atoms with Crippen LogP contribution in [0, 0.1) is 5.92 Å². The summed E-state index contributed by atoms with van der Waals surface area (Å²) in [6, 6.07) is 10.5. The Hall–Kier alpha value is -3.20. The number of rotatable bonds is 7. The van der Waals surface area contributed by atoms with E-state index in [1.165, 1.54) is 17.2 Å². The number of benzene rings is 1. The number of likely N-dealkylation sites (tertiary alicyclic amines) is 1. The minimum absolute atomic E-state index is 0.114. The van der Waals surface area contributed by atoms with Crippen molar-refractivity contribution in [3.63, 3.8) is 0 Å². The summed E-state index contributed by atoms with van der Waals surface area (Å²) in [6.45, 7) is 4.22. The molecule has 176 valence electrons. The number of carbonyl (C=O) groups is 1. The molecule has 1 saturated heterocycles. The van der Waals surface area contributed by atoms with Gasteiger partial charge in [0.25, 0.3) is 5.56 Å². The van der Waals surface area contributed by atoms with Crippen LogP contribution in [0.15, 0.2) is 39.9 Å². The topological polar surface area (TPSA) is 91.4 Å². The van der Waals surface area contributed by atoms with Crippen LogP contribution < -0.4 is 11.2 Å². The van der Waals surface area contributed by atoms with Crippen molar-refractivity contribution in [2.24, 2.45) is 20.0 Å². The van der Waals surface area contributed by atoms with Gasteiger partial charge in [-0.05, 0) is 50.8 Å². The molecule has 0 aliphatic carbocycles. The molecule has 3 heterocycles. The largest absolute Gasteiger partial charge is 0.465 e. The summed E-state index contributed by atoms with van der Waals surface area (Å²) in [7, 11) is 3.02. The van der Waals surface area contributed by atoms with Crippen molar-refractivity contribution in [1.29, 1.82) is 0 Å². The second-order valence-electron chi connectivity index (χ2n) is 8.71. The Morgan fingerprint density at radius 2 is 1.79 bits per heavy atom. The fourth-order valence-electron chi connectivity index (χ4n) is 4.61. The molecule has 4 rings (SSSR count). The summed E-state index contributed by atoms with van der Waals surface area (Å²) in [5, 5.41) is 0. The molecule has 9 nitrogen and oxygen atoms in total. The first-order chi connectivity index (χ1) is 15.9. The second kappa shape index (κ2) is 9.74. The lowest BCUT2D eigenvalue weighted by Crippen LogP contribution is -2.38. The monoisotopic (exact) mass is 453 g/mol. The van der Waals surface area contributed by atoms with Crippen LogP contribution in [-0.2, 0) is 43.1 Å². The molecule has 0 saturated carbocycles. The average molecular weight is 454 g/mol. The number of ether oxygens (including phenoxy) is 1. The number of fused-ring (bicyclic) bond motifs is 1. The van der Waals surface area contributed by atoms with Crippen molar-refractivity contribution in [3.8, 4) is 0 Å². The Morgan fingerprint density at radius 3 is 2.45 bits per heavy atom. The lowest BCUT2D eigenvalue weighted by molar-refractivity contribution is -0.143. The summed E-state index contributed by atoms with van der Waals surface area (Å²) < 4.78 is 9.14. The van der Waals surface area contributed by atoms with Gasteiger partial charge in [-0.15, -0.1) is 0 Å². The zero-order valence-electron chi connectivity index (χ0n) is 19.5. The van der Waals surface area contributed by atoms with Crippen LogP contribution >= 0.6 is 0 Å². The highest BCUT2D eigenvalue weighted by molar-refractivity contribution is 5.76. The van der Waals surface area contributed by atoms with Crippen LogP contribution in [0.25, 0.3) is 11.2 Å². The minimum atomic E-state index is -0.460. The lowest BCUT2D eigenvalue weighted by Gasteiger charge is -2.31. The van der Waals surface area contributed by atoms with E-state index in [2.05, 4.69) is 34.1 Å². The summed E-state index contributed by atoms with van der Waals surface area (Å²) in [5.74, 6) is 0.795. The van der Waals surface area contributed by atoms with Crippen molar-refractivity contribution >= 4 is 17.1 Å². The molecule has 0 unspecified atom stereocenters. The SMILES string of the molecule is CCOC(=O)Cn1c(CN2CCC(Cc3ccccc3)CC2)nc2c1c(=O)n(C)c(=O)n2C. The highest BCUT2D eigenvalue weighted by Gasteiger charge is 2.25. The van der Waals surface area contributed by atoms with E-state index in [9.17, 15) is 14.4 Å². The van der Waals surface area contributed by atoms with Gasteiger partial charge in [0, 0.05) is 14.1 Å². The molecule has 9 heteroatoms. The van der Waals surface area contributed by atoms with Gasteiger partial charge in [-0.3, -0.25) is 23.6 Å². The van der Waals surface area contributed by atoms with Gasteiger partial charge in [0.05, 0.1) is 13.2 Å². The summed E-state index contributed by atoms with van der Waals surface area (Å²) in [5.41, 5.74) is 1.01. The molecule has 33 heavy (non-hydrogen) atoms. The third-order valence-corrected chi connectivity index (χ3v) is 6.46. The standard InChI is InChI=1S/C24H31N5O4/c1-4-33-20(30)16-29-19(25-22-21(29)23(31)27(3)24(32)26(22)2)15-28-12-10-18(11-13-28)14-17-8-6-5-7-9-17/h5-9,18H,4,10-16H2,1-3H3. The molecule has 0 amide bonds. The van der Waals surface area contributed by atoms with Gasteiger partial charge >= 0.3 is 11.7 Å². The Kier molecular flexibility index (Phi) is 6.78. The van der Waals surface area contributed by atoms with Crippen molar-refractivity contribution in [2.75, 3.05) is 19.7 Å². The van der Waals surface area contributed by atoms with Crippen LogP contribution in [0.3, 0.4) is 0 Å². The smallest absolute Gasteiger partial charge is 0.332 e. The van der Waals surface area contributed by atoms with Crippen LogP contribution in [-0.4, -0.2) is 49.3 Å². The molecule has 2 aromatic heterocycles. The van der Waals surface area contributed by atoms with E-state index < -0.39 is 17.2 Å². The number of carbonyl (C=O) groups excluding carboxylic acids is 1. The normalized spacial score (nSPS) is 15.2. The Morgan fingerprint density at radius 1 is 1.09 bits per heavy atom. The first kappa shape index (κ1) is 23.0. The summed E-state index contributed by atoms with van der Waals surface area (Å²) >= 11 is 0. The third-order valence-electron chi connectivity index (χ3n) is 6.46. The van der Waals surface area contributed by atoms with E-state index >= 15 is 0 Å². The second-order valence-corrected chi connectivity index (χ2v) is 8.71. The van der Waals surface area contributed by atoms with E-state index in [1.807, 2.05) is 6.07 Å². The molecular weight excluding hydrogens is 422 g/mol. The van der Waals surface area contributed by atoms with E-state index in [0.29, 0.717) is 23.9 Å². The third kappa shape index (κ3) is 4.78. The number of hydrogen-bond donors (Lipinski definition) is 0. The number of esters is 1. The van der Waals surface area contributed by atoms with Crippen LogP contribution in [0.1, 0.15) is 31.2 Å². The van der Waals surface area contributed by atoms with E-state index in [-0.39, 0.29) is 18.7 Å². The Bertz CT molecular complexity index is 1250. The quantitative estimate of drug-likeness (QED) is 0.503. The average Bonchev–Trinajstić information content (AvgIpc) is 3.16. The number of imidazole rings is 1. The van der Waals surface area contributed by atoms with Gasteiger partial charge < -0.3 is 9.30 Å². The molecule has 1 aliphatic rings. The zero-order chi connectivity index (χ0) is 23.5. The molecular formula is C24H31N5O4. The molecule has 1 fully saturated rings. The number of aromatic nitrogens is 4. The maximum Gasteiger partial charge on any atom is 0.332 e. The number of aryl methyl sites for hydroxylation is 1. The van der Waals surface area contributed by atoms with Gasteiger partial charge in [-0.1, -0.05) is 30.3 Å². The predicted molar refractivity (Wildman–Crippen MR) is 125 cm³/mol. The van der Waals surface area contributed by atoms with Crippen LogP contribution in [0.4, 0.5) is 0 Å². The fraction of sp³-hybridized carbons (Fsp3) is 0.500. The number of nitrogens with zero attached hydrogens (tertiary/aromatic N) is 5. The Labute approximate surface area is 192 Å². The molecule has 0 N–H and O–H groups in total. The fourth-order valence-corrected chi connectivity index (χ4v) is 4.61. The number of hydrogen-bond acceptors (Lipinski definition) is 6. The molecule has 0 atom stereocenters. The van der Waals surface area contributed by atoms with E-state index in [0.717, 1.165) is 36.9 Å². The highest BCUT2D eigenvalue weighted by atomic mass is 16.5. The van der Waals surface area contributed by atoms with Gasteiger partial charge in [-0.2, -0.15) is 0 Å². The first-order valence-corrected chi connectivity index (χ1v) is 11.5. The maximum atomic E-state index is 12.9. The maximum absolute atomic E-state index is 12.9. The molecule has 1 aliphatic heterocycles. The number of piperidine rings is 1. The van der Waals surface area contributed by atoms with Crippen molar-refractivity contribution in [1.82, 2.24) is 23.6 Å². The van der Waals surface area contributed by atoms with Crippen LogP contribution in [0.5, 0.6) is 0 Å². The van der Waals surface area contributed by atoms with Crippen molar-refractivity contribution in [2.45, 2.75) is 39.3 Å². The first-order valence-electron chi connectivity index (χ1n) is 11.5. The van der Waals surface area contributed by atoms with Crippen LogP contribution in [0.2, 0.25) is 0 Å². The van der Waals surface area contributed by atoms with Gasteiger partial charge in [0.2, 0.25) is 0 Å². The molecule has 3 aromatic rings. The molecule has 0 spiro atoms. The lowest BCUT2D eigenvalue weighted by atomic mass is 9.90. The minimum Gasteiger partial charge on any atom is -0.465 e. The van der Waals surface area contributed by atoms with Gasteiger partial charge in [-0.25, -0.2) is 9.78 Å². The highest BCUT2D eigenvalue weighted by Crippen LogP contribution is 2.23. The van der Waals surface area contributed by atoms with E-state index in [1.54, 1.807) is 18.5 Å². The summed E-state index contributed by atoms with van der Waals surface area (Å²) in [6.07, 6.45) is 3.23. The molecule has 0 bridgehead atoms.